The normalized spacial score (nSPS) is 13.5. The minimum Gasteiger partial charge on any atom is -0.479 e. The van der Waals surface area contributed by atoms with Crippen LogP contribution < -0.4 is 10.6 Å². The number of aromatic nitrogens is 2. The summed E-state index contributed by atoms with van der Waals surface area (Å²) in [5.74, 6) is -4.14. The number of carboxylic acid groups (broad SMARTS) is 1. The van der Waals surface area contributed by atoms with E-state index in [0.717, 1.165) is 33.1 Å². The van der Waals surface area contributed by atoms with Crippen molar-refractivity contribution in [1.29, 1.82) is 0 Å². The third-order valence-corrected chi connectivity index (χ3v) is 5.60. The van der Waals surface area contributed by atoms with Crippen LogP contribution in [0, 0.1) is 0 Å². The minimum absolute atomic E-state index is 0.0333. The fourth-order valence-electron chi connectivity index (χ4n) is 3.98. The summed E-state index contributed by atoms with van der Waals surface area (Å²) >= 11 is 0. The minimum atomic E-state index is -5.22. The van der Waals surface area contributed by atoms with Crippen molar-refractivity contribution >= 4 is 23.8 Å². The van der Waals surface area contributed by atoms with E-state index in [2.05, 4.69) is 10.4 Å². The van der Waals surface area contributed by atoms with Gasteiger partial charge in [-0.15, -0.1) is 0 Å². The average Bonchev–Trinajstić information content (AvgIpc) is 3.33. The molecule has 0 saturated heterocycles. The number of hydrogen-bond acceptors (Lipinski definition) is 5. The number of benzene rings is 2. The zero-order chi connectivity index (χ0) is 25.3. The van der Waals surface area contributed by atoms with Gasteiger partial charge in [0.1, 0.15) is 18.0 Å². The molecule has 0 bridgehead atoms. The van der Waals surface area contributed by atoms with E-state index in [0.29, 0.717) is 0 Å². The number of carbonyl (C=O) groups excluding carboxylic acids is 2. The summed E-state index contributed by atoms with van der Waals surface area (Å²) in [5, 5.41) is 16.2. The Morgan fingerprint density at radius 1 is 1.09 bits per heavy atom. The Morgan fingerprint density at radius 3 is 2.20 bits per heavy atom. The van der Waals surface area contributed by atoms with Crippen molar-refractivity contribution in [3.05, 3.63) is 71.4 Å². The topological polar surface area (TPSA) is 123 Å². The van der Waals surface area contributed by atoms with Crippen LogP contribution in [0.25, 0.3) is 11.1 Å². The van der Waals surface area contributed by atoms with Crippen LogP contribution in [-0.2, 0) is 16.6 Å². The summed E-state index contributed by atoms with van der Waals surface area (Å²) in [5.41, 5.74) is 3.56. The van der Waals surface area contributed by atoms with Gasteiger partial charge >= 0.3 is 18.2 Å². The maximum Gasteiger partial charge on any atom is 0.419 e. The maximum atomic E-state index is 12.9. The number of nitrogens with one attached hydrogen (secondary N) is 2. The Labute approximate surface area is 196 Å². The first-order valence-electron chi connectivity index (χ1n) is 10.3. The number of halogens is 3. The first-order valence-corrected chi connectivity index (χ1v) is 10.3. The van der Waals surface area contributed by atoms with Crippen molar-refractivity contribution in [2.45, 2.75) is 18.1 Å². The molecule has 0 spiro atoms. The molecule has 1 aliphatic rings. The van der Waals surface area contributed by atoms with Crippen LogP contribution in [0.15, 0.2) is 54.7 Å². The van der Waals surface area contributed by atoms with Gasteiger partial charge < -0.3 is 15.2 Å². The van der Waals surface area contributed by atoms with Crippen LogP contribution in [0.5, 0.6) is 0 Å². The van der Waals surface area contributed by atoms with Crippen LogP contribution in [0.2, 0.25) is 0 Å². The van der Waals surface area contributed by atoms with Gasteiger partial charge in [0.05, 0.1) is 6.20 Å². The third-order valence-electron chi connectivity index (χ3n) is 5.60. The van der Waals surface area contributed by atoms with Crippen LogP contribution in [-0.4, -0.2) is 51.7 Å². The quantitative estimate of drug-likeness (QED) is 0.488. The Balaban J connectivity index is 1.47. The Bertz CT molecular complexity index is 1260. The predicted molar refractivity (Wildman–Crippen MR) is 117 cm³/mol. The molecule has 2 aromatic carbocycles. The molecule has 0 radical (unpaired) electrons. The average molecular weight is 488 g/mol. The van der Waals surface area contributed by atoms with Gasteiger partial charge in [-0.1, -0.05) is 48.5 Å². The lowest BCUT2D eigenvalue weighted by molar-refractivity contribution is -0.178. The number of nitrogens with zero attached hydrogens (tertiary/aromatic N) is 2. The second-order valence-electron chi connectivity index (χ2n) is 7.77. The third kappa shape index (κ3) is 4.67. The molecule has 2 amide bonds. The molecule has 0 aliphatic heterocycles. The van der Waals surface area contributed by atoms with Gasteiger partial charge in [0, 0.05) is 13.0 Å². The molecule has 1 heterocycles. The van der Waals surface area contributed by atoms with Crippen LogP contribution in [0.4, 0.5) is 23.8 Å². The largest absolute Gasteiger partial charge is 0.479 e. The molecule has 35 heavy (non-hydrogen) atoms. The van der Waals surface area contributed by atoms with E-state index < -0.39 is 35.8 Å². The van der Waals surface area contributed by atoms with Gasteiger partial charge in [0.25, 0.3) is 5.91 Å². The molecule has 4 rings (SSSR count). The zero-order valence-electron chi connectivity index (χ0n) is 18.2. The molecule has 1 aromatic heterocycles. The second-order valence-corrected chi connectivity index (χ2v) is 7.77. The number of rotatable bonds is 6. The summed E-state index contributed by atoms with van der Waals surface area (Å²) in [6.07, 6.45) is -5.27. The van der Waals surface area contributed by atoms with E-state index in [9.17, 15) is 27.6 Å². The molecule has 3 N–H and O–H groups in total. The number of ether oxygens (including phenoxy) is 1. The van der Waals surface area contributed by atoms with Crippen LogP contribution in [0.3, 0.4) is 0 Å². The van der Waals surface area contributed by atoms with E-state index in [-0.39, 0.29) is 18.3 Å². The lowest BCUT2D eigenvalue weighted by Crippen LogP contribution is -2.50. The van der Waals surface area contributed by atoms with Crippen molar-refractivity contribution in [1.82, 2.24) is 15.1 Å². The Morgan fingerprint density at radius 2 is 1.66 bits per heavy atom. The first-order chi connectivity index (χ1) is 16.6. The summed E-state index contributed by atoms with van der Waals surface area (Å²) in [6.45, 7) is -0.0333. The highest BCUT2D eigenvalue weighted by Gasteiger charge is 2.46. The standard InChI is InChI=1S/C23H19F3N4O5/c1-30-19(16(10-27-30)20(31)28-18(21(32)33)23(24,25)26)29-22(34)35-11-17-14-8-4-2-6-12(14)13-7-3-5-9-15(13)17/h2-10,17-18H,11H2,1H3,(H,28,31)(H,29,34)(H,32,33). The lowest BCUT2D eigenvalue weighted by atomic mass is 9.98. The van der Waals surface area contributed by atoms with Crippen molar-refractivity contribution in [3.63, 3.8) is 0 Å². The molecule has 1 aliphatic carbocycles. The predicted octanol–water partition coefficient (Wildman–Crippen LogP) is 3.53. The molecule has 9 nitrogen and oxygen atoms in total. The fraction of sp³-hybridized carbons (Fsp3) is 0.217. The maximum absolute atomic E-state index is 12.9. The molecular weight excluding hydrogens is 469 g/mol. The number of carbonyl (C=O) groups is 3. The van der Waals surface area contributed by atoms with E-state index in [1.54, 1.807) is 0 Å². The number of alkyl halides is 3. The number of hydrogen-bond donors (Lipinski definition) is 3. The second kappa shape index (κ2) is 9.12. The van der Waals surface area contributed by atoms with Crippen LogP contribution in [0.1, 0.15) is 27.4 Å². The molecule has 12 heteroatoms. The number of aliphatic carboxylic acids is 1. The highest BCUT2D eigenvalue weighted by Crippen LogP contribution is 2.44. The summed E-state index contributed by atoms with van der Waals surface area (Å²) in [4.78, 5) is 35.8. The van der Waals surface area contributed by atoms with Gasteiger partial charge in [-0.2, -0.15) is 18.3 Å². The van der Waals surface area contributed by atoms with Gasteiger partial charge in [-0.25, -0.2) is 9.59 Å². The number of anilines is 1. The van der Waals surface area contributed by atoms with Crippen molar-refractivity contribution in [2.75, 3.05) is 11.9 Å². The Hall–Kier alpha value is -4.35. The fourth-order valence-corrected chi connectivity index (χ4v) is 3.98. The van der Waals surface area contributed by atoms with Crippen molar-refractivity contribution in [2.24, 2.45) is 7.05 Å². The highest BCUT2D eigenvalue weighted by atomic mass is 19.4. The monoisotopic (exact) mass is 488 g/mol. The molecule has 0 saturated carbocycles. The van der Waals surface area contributed by atoms with Gasteiger partial charge in [-0.05, 0) is 22.3 Å². The van der Waals surface area contributed by atoms with Crippen LogP contribution >= 0.6 is 0 Å². The van der Waals surface area contributed by atoms with Crippen molar-refractivity contribution < 1.29 is 37.4 Å². The number of carboxylic acids is 1. The molecule has 1 atom stereocenters. The molecular formula is C23H19F3N4O5. The smallest absolute Gasteiger partial charge is 0.419 e. The van der Waals surface area contributed by atoms with E-state index in [4.69, 9.17) is 9.84 Å². The van der Waals surface area contributed by atoms with E-state index in [1.165, 1.54) is 12.4 Å². The first kappa shape index (κ1) is 23.8. The summed E-state index contributed by atoms with van der Waals surface area (Å²) in [6, 6.07) is 12.3. The molecule has 1 unspecified atom stereocenters. The highest BCUT2D eigenvalue weighted by molar-refractivity contribution is 6.03. The lowest BCUT2D eigenvalue weighted by Gasteiger charge is -2.18. The van der Waals surface area contributed by atoms with Crippen molar-refractivity contribution in [3.8, 4) is 11.1 Å². The number of fused-ring (bicyclic) bond motifs is 3. The molecule has 3 aromatic rings. The zero-order valence-corrected chi connectivity index (χ0v) is 18.2. The van der Waals surface area contributed by atoms with E-state index in [1.807, 2.05) is 48.5 Å². The molecule has 182 valence electrons. The van der Waals surface area contributed by atoms with E-state index >= 15 is 0 Å². The van der Waals surface area contributed by atoms with Gasteiger partial charge in [0.2, 0.25) is 6.04 Å². The summed E-state index contributed by atoms with van der Waals surface area (Å²) < 4.78 is 45.2. The number of aryl methyl sites for hydroxylation is 1. The molecule has 0 fully saturated rings. The van der Waals surface area contributed by atoms with Gasteiger partial charge in [0.15, 0.2) is 0 Å². The van der Waals surface area contributed by atoms with Gasteiger partial charge in [-0.3, -0.25) is 14.8 Å². The number of amides is 2. The SMILES string of the molecule is Cn1ncc(C(=O)NC(C(=O)O)C(F)(F)F)c1NC(=O)OCC1c2ccccc2-c2ccccc21. The summed E-state index contributed by atoms with van der Waals surface area (Å²) in [7, 11) is 1.34. The Kier molecular flexibility index (Phi) is 6.20.